The van der Waals surface area contributed by atoms with Gasteiger partial charge in [-0.15, -0.1) is 0 Å². The molecular formula is C11H13NO2S. The zero-order valence-corrected chi connectivity index (χ0v) is 9.15. The maximum atomic E-state index is 11.7. The molecule has 0 bridgehead atoms. The number of hydrogen-bond acceptors (Lipinski definition) is 2. The number of sulfonamides is 1. The minimum absolute atomic E-state index is 0.125. The molecule has 2 rings (SSSR count). The highest BCUT2D eigenvalue weighted by Crippen LogP contribution is 2.12. The summed E-state index contributed by atoms with van der Waals surface area (Å²) in [5.74, 6) is 0.125. The van der Waals surface area contributed by atoms with Gasteiger partial charge in [0.1, 0.15) is 0 Å². The zero-order chi connectivity index (χ0) is 10.7. The van der Waals surface area contributed by atoms with E-state index < -0.39 is 10.0 Å². The van der Waals surface area contributed by atoms with Crippen LogP contribution in [0.3, 0.4) is 0 Å². The number of rotatable bonds is 2. The van der Waals surface area contributed by atoms with Crippen molar-refractivity contribution in [3.8, 4) is 0 Å². The largest absolute Gasteiger partial charge is 0.218 e. The maximum Gasteiger partial charge on any atom is 0.218 e. The third kappa shape index (κ3) is 2.46. The Hall–Kier alpha value is -1.13. The van der Waals surface area contributed by atoms with Gasteiger partial charge in [0.2, 0.25) is 10.0 Å². The second-order valence-electron chi connectivity index (χ2n) is 3.53. The quantitative estimate of drug-likeness (QED) is 0.710. The Morgan fingerprint density at radius 3 is 2.53 bits per heavy atom. The van der Waals surface area contributed by atoms with Gasteiger partial charge in [-0.3, -0.25) is 0 Å². The third-order valence-corrected chi connectivity index (χ3v) is 4.06. The fourth-order valence-electron chi connectivity index (χ4n) is 1.55. The van der Waals surface area contributed by atoms with Gasteiger partial charge < -0.3 is 0 Å². The van der Waals surface area contributed by atoms with Crippen molar-refractivity contribution in [2.45, 2.75) is 6.54 Å². The normalized spacial score (nSPS) is 20.3. The summed E-state index contributed by atoms with van der Waals surface area (Å²) in [6.07, 6.45) is 3.60. The minimum atomic E-state index is -3.08. The fourth-order valence-corrected chi connectivity index (χ4v) is 2.80. The molecule has 0 saturated carbocycles. The summed E-state index contributed by atoms with van der Waals surface area (Å²) in [5, 5.41) is 0. The van der Waals surface area contributed by atoms with E-state index in [-0.39, 0.29) is 5.75 Å². The first-order chi connectivity index (χ1) is 7.18. The van der Waals surface area contributed by atoms with Crippen LogP contribution in [0.5, 0.6) is 0 Å². The van der Waals surface area contributed by atoms with E-state index in [4.69, 9.17) is 0 Å². The van der Waals surface area contributed by atoms with Crippen LogP contribution < -0.4 is 0 Å². The molecule has 0 saturated heterocycles. The summed E-state index contributed by atoms with van der Waals surface area (Å²) in [6, 6.07) is 9.64. The SMILES string of the molecule is O=S1(=O)CC=CCN1Cc1ccccc1. The Kier molecular flexibility index (Phi) is 2.88. The number of nitrogens with zero attached hydrogens (tertiary/aromatic N) is 1. The van der Waals surface area contributed by atoms with E-state index in [1.165, 1.54) is 4.31 Å². The van der Waals surface area contributed by atoms with E-state index in [0.717, 1.165) is 5.56 Å². The third-order valence-electron chi connectivity index (χ3n) is 2.38. The van der Waals surface area contributed by atoms with Gasteiger partial charge in [-0.25, -0.2) is 8.42 Å². The monoisotopic (exact) mass is 223 g/mol. The van der Waals surface area contributed by atoms with Gasteiger partial charge in [0, 0.05) is 13.1 Å². The van der Waals surface area contributed by atoms with Crippen LogP contribution in [-0.4, -0.2) is 25.0 Å². The average Bonchev–Trinajstić information content (AvgIpc) is 2.23. The van der Waals surface area contributed by atoms with Gasteiger partial charge in [-0.05, 0) is 5.56 Å². The lowest BCUT2D eigenvalue weighted by Crippen LogP contribution is -2.34. The molecule has 4 heteroatoms. The van der Waals surface area contributed by atoms with E-state index in [0.29, 0.717) is 13.1 Å². The lowest BCUT2D eigenvalue weighted by atomic mass is 10.2. The molecular weight excluding hydrogens is 210 g/mol. The Labute approximate surface area is 90.1 Å². The van der Waals surface area contributed by atoms with E-state index >= 15 is 0 Å². The highest BCUT2D eigenvalue weighted by Gasteiger charge is 2.22. The van der Waals surface area contributed by atoms with Crippen LogP contribution in [0.25, 0.3) is 0 Å². The van der Waals surface area contributed by atoms with Gasteiger partial charge in [0.25, 0.3) is 0 Å². The summed E-state index contributed by atoms with van der Waals surface area (Å²) in [4.78, 5) is 0. The molecule has 1 aromatic rings. The second-order valence-corrected chi connectivity index (χ2v) is 5.54. The van der Waals surface area contributed by atoms with Crippen LogP contribution in [0.15, 0.2) is 42.5 Å². The van der Waals surface area contributed by atoms with Crippen LogP contribution >= 0.6 is 0 Å². The van der Waals surface area contributed by atoms with Gasteiger partial charge in [-0.2, -0.15) is 4.31 Å². The molecule has 0 spiro atoms. The van der Waals surface area contributed by atoms with E-state index in [9.17, 15) is 8.42 Å². The van der Waals surface area contributed by atoms with Crippen molar-refractivity contribution in [2.75, 3.05) is 12.3 Å². The molecule has 0 fully saturated rings. The maximum absolute atomic E-state index is 11.7. The van der Waals surface area contributed by atoms with Gasteiger partial charge >= 0.3 is 0 Å². The molecule has 0 aromatic heterocycles. The molecule has 3 nitrogen and oxygen atoms in total. The fraction of sp³-hybridized carbons (Fsp3) is 0.273. The van der Waals surface area contributed by atoms with Crippen LogP contribution in [-0.2, 0) is 16.6 Å². The average molecular weight is 223 g/mol. The van der Waals surface area contributed by atoms with Crippen LogP contribution in [0.1, 0.15) is 5.56 Å². The van der Waals surface area contributed by atoms with Crippen molar-refractivity contribution < 1.29 is 8.42 Å². The van der Waals surface area contributed by atoms with Crippen molar-refractivity contribution in [2.24, 2.45) is 0 Å². The molecule has 0 amide bonds. The molecule has 0 N–H and O–H groups in total. The lowest BCUT2D eigenvalue weighted by molar-refractivity contribution is 0.436. The minimum Gasteiger partial charge on any atom is -0.212 e. The van der Waals surface area contributed by atoms with Crippen molar-refractivity contribution in [3.63, 3.8) is 0 Å². The Balaban J connectivity index is 2.16. The second kappa shape index (κ2) is 4.16. The molecule has 1 heterocycles. The highest BCUT2D eigenvalue weighted by molar-refractivity contribution is 7.89. The van der Waals surface area contributed by atoms with Crippen LogP contribution in [0.4, 0.5) is 0 Å². The Morgan fingerprint density at radius 1 is 1.13 bits per heavy atom. The predicted molar refractivity (Wildman–Crippen MR) is 59.8 cm³/mol. The van der Waals surface area contributed by atoms with Crippen LogP contribution in [0, 0.1) is 0 Å². The lowest BCUT2D eigenvalue weighted by Gasteiger charge is -2.22. The van der Waals surface area contributed by atoms with Crippen molar-refractivity contribution in [1.82, 2.24) is 4.31 Å². The van der Waals surface area contributed by atoms with E-state index in [1.807, 2.05) is 36.4 Å². The molecule has 15 heavy (non-hydrogen) atoms. The Morgan fingerprint density at radius 2 is 1.87 bits per heavy atom. The first kappa shape index (κ1) is 10.4. The molecule has 0 atom stereocenters. The smallest absolute Gasteiger partial charge is 0.212 e. The van der Waals surface area contributed by atoms with Gasteiger partial charge in [0.15, 0.2) is 0 Å². The summed E-state index contributed by atoms with van der Waals surface area (Å²) in [6.45, 7) is 0.949. The Bertz CT molecular complexity index is 451. The topological polar surface area (TPSA) is 37.4 Å². The van der Waals surface area contributed by atoms with Gasteiger partial charge in [-0.1, -0.05) is 42.5 Å². The summed E-state index contributed by atoms with van der Waals surface area (Å²) in [5.41, 5.74) is 1.02. The molecule has 1 aliphatic rings. The van der Waals surface area contributed by atoms with Crippen LogP contribution in [0.2, 0.25) is 0 Å². The number of benzene rings is 1. The van der Waals surface area contributed by atoms with Gasteiger partial charge in [0.05, 0.1) is 5.75 Å². The van der Waals surface area contributed by atoms with E-state index in [1.54, 1.807) is 6.08 Å². The van der Waals surface area contributed by atoms with Crippen molar-refractivity contribution in [1.29, 1.82) is 0 Å². The zero-order valence-electron chi connectivity index (χ0n) is 8.33. The first-order valence-electron chi connectivity index (χ1n) is 4.85. The summed E-state index contributed by atoms with van der Waals surface area (Å²) < 4.78 is 24.8. The standard InChI is InChI=1S/C11H13NO2S/c13-15(14)9-5-4-8-12(15)10-11-6-2-1-3-7-11/h1-7H,8-10H2. The van der Waals surface area contributed by atoms with Crippen molar-refractivity contribution in [3.05, 3.63) is 48.0 Å². The molecule has 0 radical (unpaired) electrons. The number of hydrogen-bond donors (Lipinski definition) is 0. The van der Waals surface area contributed by atoms with E-state index in [2.05, 4.69) is 0 Å². The molecule has 1 aromatic carbocycles. The van der Waals surface area contributed by atoms with Crippen molar-refractivity contribution >= 4 is 10.0 Å². The molecule has 80 valence electrons. The first-order valence-corrected chi connectivity index (χ1v) is 6.46. The summed E-state index contributed by atoms with van der Waals surface area (Å²) >= 11 is 0. The predicted octanol–water partition coefficient (Wildman–Crippen LogP) is 1.39. The highest BCUT2D eigenvalue weighted by atomic mass is 32.2. The molecule has 0 unspecified atom stereocenters. The molecule has 1 aliphatic heterocycles. The molecule has 0 aliphatic carbocycles. The summed E-state index contributed by atoms with van der Waals surface area (Å²) in [7, 11) is -3.08.